The zero-order valence-electron chi connectivity index (χ0n) is 24.5. The number of aromatic nitrogens is 3. The molecule has 0 spiro atoms. The van der Waals surface area contributed by atoms with Gasteiger partial charge in [-0.25, -0.2) is 4.98 Å². The second kappa shape index (κ2) is 7.33. The lowest BCUT2D eigenvalue weighted by Gasteiger charge is -2.25. The number of hydrogen-bond donors (Lipinski definition) is 0. The zero-order chi connectivity index (χ0) is 30.2. The summed E-state index contributed by atoms with van der Waals surface area (Å²) in [6, 6.07) is 36.5. The van der Waals surface area contributed by atoms with Gasteiger partial charge >= 0.3 is 0 Å². The molecule has 0 atom stereocenters. The first-order valence-electron chi connectivity index (χ1n) is 15.6. The summed E-state index contributed by atoms with van der Waals surface area (Å²) in [6.45, 7) is 8.96. The van der Waals surface area contributed by atoms with Gasteiger partial charge in [0.05, 0.1) is 27.8 Å². The molecule has 46 heavy (non-hydrogen) atoms. The van der Waals surface area contributed by atoms with E-state index in [1.807, 2.05) is 30.3 Å². The Kier molecular flexibility index (Phi) is 3.69. The monoisotopic (exact) mass is 583 g/mol. The van der Waals surface area contributed by atoms with Crippen LogP contribution in [0.25, 0.3) is 122 Å². The van der Waals surface area contributed by atoms with Gasteiger partial charge in [-0.15, -0.1) is 0 Å². The molecule has 4 nitrogen and oxygen atoms in total. The van der Waals surface area contributed by atoms with Crippen LogP contribution in [0, 0.1) is 0 Å². The van der Waals surface area contributed by atoms with Crippen LogP contribution in [0.2, 0.25) is 0 Å². The lowest BCUT2D eigenvalue weighted by Crippen LogP contribution is -2.17. The fourth-order valence-electron chi connectivity index (χ4n) is 8.90. The van der Waals surface area contributed by atoms with E-state index in [9.17, 15) is 4.79 Å². The Labute approximate surface area is 259 Å². The molecule has 0 saturated heterocycles. The van der Waals surface area contributed by atoms with Gasteiger partial charge in [-0.05, 0) is 79.2 Å². The van der Waals surface area contributed by atoms with Crippen molar-refractivity contribution >= 4 is 116 Å². The summed E-state index contributed by atoms with van der Waals surface area (Å²) in [5.41, 5.74) is 5.84. The van der Waals surface area contributed by atoms with Gasteiger partial charge in [-0.2, -0.15) is 0 Å². The minimum Gasteiger partial charge on any atom is -0.308 e. The van der Waals surface area contributed by atoms with Gasteiger partial charge in [0.25, 0.3) is 5.56 Å². The van der Waals surface area contributed by atoms with E-state index in [4.69, 9.17) is 4.98 Å². The normalized spacial score (nSPS) is 13.0. The third-order valence-corrected chi connectivity index (χ3v) is 10.7. The quantitative estimate of drug-likeness (QED) is 0.133. The number of rotatable bonds is 0. The third kappa shape index (κ3) is 2.37. The maximum absolute atomic E-state index is 14.1. The molecule has 0 unspecified atom stereocenters. The number of benzene rings is 7. The zero-order valence-corrected chi connectivity index (χ0v) is 24.5. The fraction of sp³-hybridized carbons (Fsp3) is 0. The van der Waals surface area contributed by atoms with E-state index in [2.05, 4.69) is 90.5 Å². The topological polar surface area (TPSA) is 39.3 Å². The molecule has 10 aromatic rings. The predicted octanol–water partition coefficient (Wildman–Crippen LogP) is 8.44. The number of pyridine rings is 4. The van der Waals surface area contributed by atoms with Gasteiger partial charge in [0.2, 0.25) is 0 Å². The highest BCUT2D eigenvalue weighted by atomic mass is 16.1. The molecular formula is C42H21N3O. The van der Waals surface area contributed by atoms with Crippen molar-refractivity contribution in [1.29, 1.82) is 0 Å². The van der Waals surface area contributed by atoms with Crippen LogP contribution in [0.15, 0.2) is 108 Å². The first-order valence-corrected chi connectivity index (χ1v) is 15.6. The van der Waals surface area contributed by atoms with Crippen molar-refractivity contribution in [3.63, 3.8) is 0 Å². The van der Waals surface area contributed by atoms with Crippen molar-refractivity contribution in [1.82, 2.24) is 14.0 Å². The summed E-state index contributed by atoms with van der Waals surface area (Å²) in [5, 5.41) is 17.8. The lowest BCUT2D eigenvalue weighted by molar-refractivity contribution is 1.17. The highest BCUT2D eigenvalue weighted by Crippen LogP contribution is 2.47. The van der Waals surface area contributed by atoms with Crippen molar-refractivity contribution in [3.05, 3.63) is 124 Å². The number of para-hydroxylation sites is 3. The van der Waals surface area contributed by atoms with Crippen LogP contribution in [-0.4, -0.2) is 14.0 Å². The Morgan fingerprint density at radius 2 is 0.978 bits per heavy atom. The molecule has 0 fully saturated rings. The number of fused-ring (bicyclic) bond motifs is 8. The highest BCUT2D eigenvalue weighted by Gasteiger charge is 2.24. The molecule has 0 amide bonds. The molecule has 0 bridgehead atoms. The molecule has 12 rings (SSSR count). The first-order chi connectivity index (χ1) is 22.6. The summed E-state index contributed by atoms with van der Waals surface area (Å²) in [5.74, 6) is 0. The standard InChI is InChI=1S/C42H21N3O/c1-20-18-34-28-14-10-24-26-12-16-30-39-31(42(46)45-33-9-4-3-8-32(33)43-41(30)45)17-13-27(37(26)39)25-11-15-29(38(28)36(24)25)35-19-21(2)23-7-5-6-22(20)40(23)44(34)35/h3-19H,1-2H2. The number of hydrogen-bond acceptors (Lipinski definition) is 2. The fourth-order valence-corrected chi connectivity index (χ4v) is 8.90. The SMILES string of the molecule is C=c1cc2c3ccc4c5ccc6c(=O)n7c8ccccc8nc7c7ccc(c8ccc(c3c48)c3cc(=C)c4cccc1c4-n23)c5c67. The largest absolute Gasteiger partial charge is 0.308 e. The lowest BCUT2D eigenvalue weighted by atomic mass is 9.85. The van der Waals surface area contributed by atoms with Gasteiger partial charge in [0.15, 0.2) is 0 Å². The molecule has 0 N–H and O–H groups in total. The maximum Gasteiger partial charge on any atom is 0.264 e. The second-order valence-electron chi connectivity index (χ2n) is 12.9. The average molecular weight is 584 g/mol. The average Bonchev–Trinajstić information content (AvgIpc) is 3.48. The summed E-state index contributed by atoms with van der Waals surface area (Å²) in [4.78, 5) is 19.1. The summed E-state index contributed by atoms with van der Waals surface area (Å²) in [6.07, 6.45) is 0. The molecule has 4 heteroatoms. The van der Waals surface area contributed by atoms with E-state index in [1.165, 1.54) is 38.0 Å². The van der Waals surface area contributed by atoms with Gasteiger partial charge < -0.3 is 4.57 Å². The van der Waals surface area contributed by atoms with Gasteiger partial charge in [-0.1, -0.05) is 79.9 Å². The number of nitrogens with zero attached hydrogens (tertiary/aromatic N) is 3. The second-order valence-corrected chi connectivity index (χ2v) is 12.9. The Bertz CT molecular complexity index is 3350. The minimum absolute atomic E-state index is 0.0235. The summed E-state index contributed by atoms with van der Waals surface area (Å²) >= 11 is 0. The van der Waals surface area contributed by atoms with E-state index in [0.29, 0.717) is 5.65 Å². The van der Waals surface area contributed by atoms with E-state index in [0.717, 1.165) is 75.6 Å². The van der Waals surface area contributed by atoms with Crippen LogP contribution in [0.1, 0.15) is 0 Å². The highest BCUT2D eigenvalue weighted by molar-refractivity contribution is 6.41. The van der Waals surface area contributed by atoms with E-state index in [-0.39, 0.29) is 5.56 Å². The predicted molar refractivity (Wildman–Crippen MR) is 193 cm³/mol. The van der Waals surface area contributed by atoms with Crippen LogP contribution >= 0.6 is 0 Å². The molecule has 210 valence electrons. The molecule has 0 radical (unpaired) electrons. The Hall–Kier alpha value is -6.26. The summed E-state index contributed by atoms with van der Waals surface area (Å²) in [7, 11) is 0. The van der Waals surface area contributed by atoms with Crippen LogP contribution in [0.3, 0.4) is 0 Å². The van der Waals surface area contributed by atoms with E-state index >= 15 is 0 Å². The molecule has 2 aliphatic heterocycles. The minimum atomic E-state index is -0.0235. The van der Waals surface area contributed by atoms with Crippen molar-refractivity contribution in [2.45, 2.75) is 0 Å². The number of imidazole rings is 1. The van der Waals surface area contributed by atoms with E-state index in [1.54, 1.807) is 4.40 Å². The molecular weight excluding hydrogens is 562 g/mol. The van der Waals surface area contributed by atoms with Crippen molar-refractivity contribution in [2.75, 3.05) is 0 Å². The molecule has 2 aliphatic rings. The van der Waals surface area contributed by atoms with Crippen LogP contribution in [0.4, 0.5) is 0 Å². The molecule has 0 aliphatic carbocycles. The van der Waals surface area contributed by atoms with Gasteiger partial charge in [0, 0.05) is 43.1 Å². The van der Waals surface area contributed by atoms with Crippen LogP contribution in [-0.2, 0) is 0 Å². The van der Waals surface area contributed by atoms with Crippen molar-refractivity contribution in [2.24, 2.45) is 0 Å². The third-order valence-electron chi connectivity index (χ3n) is 10.7. The van der Waals surface area contributed by atoms with Crippen molar-refractivity contribution in [3.8, 4) is 5.69 Å². The maximum atomic E-state index is 14.1. The van der Waals surface area contributed by atoms with Crippen LogP contribution in [0.5, 0.6) is 0 Å². The molecule has 5 heterocycles. The van der Waals surface area contributed by atoms with Crippen molar-refractivity contribution < 1.29 is 0 Å². The van der Waals surface area contributed by atoms with Crippen LogP contribution < -0.4 is 16.0 Å². The Morgan fingerprint density at radius 1 is 0.478 bits per heavy atom. The van der Waals surface area contributed by atoms with Gasteiger partial charge in [0.1, 0.15) is 5.65 Å². The first kappa shape index (κ1) is 23.2. The smallest absolute Gasteiger partial charge is 0.264 e. The van der Waals surface area contributed by atoms with Gasteiger partial charge in [-0.3, -0.25) is 9.20 Å². The summed E-state index contributed by atoms with van der Waals surface area (Å²) < 4.78 is 4.19. The molecule has 3 aromatic heterocycles. The van der Waals surface area contributed by atoms with E-state index < -0.39 is 0 Å². The molecule has 7 aromatic carbocycles. The molecule has 0 saturated carbocycles. The Balaban J connectivity index is 1.34. The Morgan fingerprint density at radius 3 is 1.61 bits per heavy atom.